The first kappa shape index (κ1) is 19.1. The lowest BCUT2D eigenvalue weighted by Gasteiger charge is -2.23. The topological polar surface area (TPSA) is 71.9 Å². The number of hydrogen-bond donors (Lipinski definition) is 1. The first-order valence-corrected chi connectivity index (χ1v) is 10.7. The number of fused-ring (bicyclic) bond motifs is 2. The number of rotatable bonds is 4. The third-order valence-corrected chi connectivity index (χ3v) is 5.99. The lowest BCUT2D eigenvalue weighted by molar-refractivity contribution is 0.308. The normalized spacial score (nSPS) is 12.9. The van der Waals surface area contributed by atoms with E-state index in [0.717, 1.165) is 70.2 Å². The minimum absolute atomic E-state index is 0.306. The molecule has 0 radical (unpaired) electrons. The second kappa shape index (κ2) is 8.12. The van der Waals surface area contributed by atoms with Crippen LogP contribution in [-0.4, -0.2) is 4.98 Å². The molecule has 0 aliphatic heterocycles. The fraction of sp³-hybridized carbons (Fsp3) is 0.185. The highest BCUT2D eigenvalue weighted by Crippen LogP contribution is 2.44. The van der Waals surface area contributed by atoms with Crippen molar-refractivity contribution in [3.63, 3.8) is 0 Å². The van der Waals surface area contributed by atoms with Gasteiger partial charge in [-0.15, -0.1) is 0 Å². The van der Waals surface area contributed by atoms with E-state index in [1.165, 1.54) is 0 Å². The molecule has 0 spiro atoms. The van der Waals surface area contributed by atoms with Crippen LogP contribution < -0.4 is 10.5 Å². The molecular formula is C27H23N3O. The fourth-order valence-corrected chi connectivity index (χ4v) is 4.52. The summed E-state index contributed by atoms with van der Waals surface area (Å²) in [6.45, 7) is 0.455. The van der Waals surface area contributed by atoms with E-state index in [9.17, 15) is 5.26 Å². The molecule has 0 bridgehead atoms. The van der Waals surface area contributed by atoms with Gasteiger partial charge < -0.3 is 10.5 Å². The summed E-state index contributed by atoms with van der Waals surface area (Å²) in [4.78, 5) is 4.59. The van der Waals surface area contributed by atoms with Crippen molar-refractivity contribution in [2.24, 2.45) is 0 Å². The SMILES string of the molecule is N#Cc1c(N)nc2c(c1-c1c(OCc3ccccc3)ccc3ccccc13)CCCC2. The number of hydrogen-bond acceptors (Lipinski definition) is 4. The maximum absolute atomic E-state index is 10.0. The summed E-state index contributed by atoms with van der Waals surface area (Å²) in [5, 5.41) is 12.2. The predicted molar refractivity (Wildman–Crippen MR) is 124 cm³/mol. The van der Waals surface area contributed by atoms with E-state index in [-0.39, 0.29) is 0 Å². The molecule has 1 aromatic heterocycles. The van der Waals surface area contributed by atoms with E-state index in [2.05, 4.69) is 29.3 Å². The molecule has 1 heterocycles. The second-order valence-corrected chi connectivity index (χ2v) is 7.93. The van der Waals surface area contributed by atoms with Crippen LogP contribution in [0.25, 0.3) is 21.9 Å². The van der Waals surface area contributed by atoms with Crippen LogP contribution in [0.15, 0.2) is 66.7 Å². The quantitative estimate of drug-likeness (QED) is 0.465. The monoisotopic (exact) mass is 405 g/mol. The molecule has 0 saturated carbocycles. The Morgan fingerprint density at radius 3 is 2.52 bits per heavy atom. The molecule has 0 fully saturated rings. The van der Waals surface area contributed by atoms with Crippen LogP contribution in [0.4, 0.5) is 5.82 Å². The number of anilines is 1. The third-order valence-electron chi connectivity index (χ3n) is 5.99. The molecule has 4 aromatic rings. The van der Waals surface area contributed by atoms with Gasteiger partial charge in [-0.2, -0.15) is 5.26 Å². The van der Waals surface area contributed by atoms with E-state index in [1.54, 1.807) is 0 Å². The van der Waals surface area contributed by atoms with Gasteiger partial charge >= 0.3 is 0 Å². The molecule has 152 valence electrons. The van der Waals surface area contributed by atoms with Gasteiger partial charge in [0.1, 0.15) is 29.8 Å². The molecule has 2 N–H and O–H groups in total. The van der Waals surface area contributed by atoms with Crippen LogP contribution in [0.5, 0.6) is 5.75 Å². The van der Waals surface area contributed by atoms with Crippen molar-refractivity contribution in [3.8, 4) is 22.9 Å². The van der Waals surface area contributed by atoms with Crippen LogP contribution in [-0.2, 0) is 19.4 Å². The molecule has 0 saturated heterocycles. The Morgan fingerprint density at radius 1 is 0.903 bits per heavy atom. The molecule has 0 amide bonds. The fourth-order valence-electron chi connectivity index (χ4n) is 4.52. The maximum atomic E-state index is 10.0. The van der Waals surface area contributed by atoms with Gasteiger partial charge in [-0.3, -0.25) is 0 Å². The highest BCUT2D eigenvalue weighted by molar-refractivity contribution is 6.02. The lowest BCUT2D eigenvalue weighted by atomic mass is 9.84. The van der Waals surface area contributed by atoms with E-state index in [0.29, 0.717) is 18.0 Å². The number of aromatic nitrogens is 1. The van der Waals surface area contributed by atoms with Crippen molar-refractivity contribution in [1.29, 1.82) is 5.26 Å². The van der Waals surface area contributed by atoms with Crippen LogP contribution in [0.1, 0.15) is 35.2 Å². The van der Waals surface area contributed by atoms with Gasteiger partial charge in [0.25, 0.3) is 0 Å². The van der Waals surface area contributed by atoms with Gasteiger partial charge in [-0.25, -0.2) is 4.98 Å². The summed E-state index contributed by atoms with van der Waals surface area (Å²) in [7, 11) is 0. The molecule has 3 aromatic carbocycles. The first-order chi connectivity index (χ1) is 15.3. The Morgan fingerprint density at radius 2 is 1.68 bits per heavy atom. The van der Waals surface area contributed by atoms with Gasteiger partial charge in [-0.1, -0.05) is 60.7 Å². The molecule has 31 heavy (non-hydrogen) atoms. The highest BCUT2D eigenvalue weighted by atomic mass is 16.5. The largest absolute Gasteiger partial charge is 0.488 e. The zero-order valence-corrected chi connectivity index (χ0v) is 17.3. The number of nitrogen functional groups attached to an aromatic ring is 1. The van der Waals surface area contributed by atoms with Crippen LogP contribution >= 0.6 is 0 Å². The molecule has 4 heteroatoms. The van der Waals surface area contributed by atoms with Crippen molar-refractivity contribution in [3.05, 3.63) is 89.1 Å². The highest BCUT2D eigenvalue weighted by Gasteiger charge is 2.25. The Labute approximate surface area is 181 Å². The van der Waals surface area contributed by atoms with Gasteiger partial charge in [0, 0.05) is 16.8 Å². The van der Waals surface area contributed by atoms with Gasteiger partial charge in [0.15, 0.2) is 0 Å². The molecule has 0 unspecified atom stereocenters. The Hall–Kier alpha value is -3.84. The molecular weight excluding hydrogens is 382 g/mol. The van der Waals surface area contributed by atoms with Gasteiger partial charge in [-0.05, 0) is 53.6 Å². The summed E-state index contributed by atoms with van der Waals surface area (Å²) in [5.41, 5.74) is 11.8. The van der Waals surface area contributed by atoms with Crippen LogP contribution in [0, 0.1) is 11.3 Å². The molecule has 5 rings (SSSR count). The van der Waals surface area contributed by atoms with Crippen LogP contribution in [0.3, 0.4) is 0 Å². The predicted octanol–water partition coefficient (Wildman–Crippen LogP) is 5.81. The van der Waals surface area contributed by atoms with Crippen molar-refractivity contribution >= 4 is 16.6 Å². The summed E-state index contributed by atoms with van der Waals surface area (Å²) in [5.74, 6) is 1.07. The van der Waals surface area contributed by atoms with Crippen molar-refractivity contribution in [2.45, 2.75) is 32.3 Å². The Bertz CT molecular complexity index is 1310. The van der Waals surface area contributed by atoms with Gasteiger partial charge in [0.2, 0.25) is 0 Å². The Kier molecular flexibility index (Phi) is 5.01. The zero-order chi connectivity index (χ0) is 21.2. The van der Waals surface area contributed by atoms with Crippen molar-refractivity contribution < 1.29 is 4.74 Å². The lowest BCUT2D eigenvalue weighted by Crippen LogP contribution is -2.12. The second-order valence-electron chi connectivity index (χ2n) is 7.93. The van der Waals surface area contributed by atoms with E-state index in [1.807, 2.05) is 48.5 Å². The number of benzene rings is 3. The number of nitrogens with zero attached hydrogens (tertiary/aromatic N) is 2. The van der Waals surface area contributed by atoms with Gasteiger partial charge in [0.05, 0.1) is 0 Å². The average molecular weight is 406 g/mol. The average Bonchev–Trinajstić information content (AvgIpc) is 2.82. The molecule has 1 aliphatic rings. The summed E-state index contributed by atoms with van der Waals surface area (Å²) in [6, 6.07) is 24.8. The number of aryl methyl sites for hydroxylation is 1. The standard InChI is InChI=1S/C27H23N3O/c28-16-22-25(21-12-6-7-13-23(21)30-27(22)29)26-20-11-5-4-10-19(20)14-15-24(26)31-17-18-8-2-1-3-9-18/h1-5,8-11,14-15H,6-7,12-13,17H2,(H2,29,30). The third kappa shape index (κ3) is 3.49. The first-order valence-electron chi connectivity index (χ1n) is 10.7. The summed E-state index contributed by atoms with van der Waals surface area (Å²) >= 11 is 0. The summed E-state index contributed by atoms with van der Waals surface area (Å²) in [6.07, 6.45) is 3.97. The molecule has 4 nitrogen and oxygen atoms in total. The van der Waals surface area contributed by atoms with Crippen LogP contribution in [0.2, 0.25) is 0 Å². The zero-order valence-electron chi connectivity index (χ0n) is 17.3. The van der Waals surface area contributed by atoms with E-state index < -0.39 is 0 Å². The smallest absolute Gasteiger partial charge is 0.142 e. The maximum Gasteiger partial charge on any atom is 0.142 e. The molecule has 0 atom stereocenters. The molecule has 1 aliphatic carbocycles. The van der Waals surface area contributed by atoms with E-state index >= 15 is 0 Å². The number of pyridine rings is 1. The minimum Gasteiger partial charge on any atom is -0.488 e. The minimum atomic E-state index is 0.306. The summed E-state index contributed by atoms with van der Waals surface area (Å²) < 4.78 is 6.35. The number of nitriles is 1. The van der Waals surface area contributed by atoms with E-state index in [4.69, 9.17) is 10.5 Å². The van der Waals surface area contributed by atoms with Crippen molar-refractivity contribution in [1.82, 2.24) is 4.98 Å². The van der Waals surface area contributed by atoms with Crippen molar-refractivity contribution in [2.75, 3.05) is 5.73 Å². The number of nitrogens with two attached hydrogens (primary N) is 1. The number of ether oxygens (including phenoxy) is 1. The Balaban J connectivity index is 1.76.